The molecule has 144 valence electrons. The molecule has 1 aromatic carbocycles. The van der Waals surface area contributed by atoms with Gasteiger partial charge in [-0.25, -0.2) is 13.4 Å². The number of nitrogens with zero attached hydrogens (tertiary/aromatic N) is 3. The fraction of sp³-hybridized carbons (Fsp3) is 0.438. The van der Waals surface area contributed by atoms with Crippen LogP contribution in [0.2, 0.25) is 0 Å². The summed E-state index contributed by atoms with van der Waals surface area (Å²) in [7, 11) is -3.16. The molecule has 0 aliphatic carbocycles. The van der Waals surface area contributed by atoms with Crippen molar-refractivity contribution in [2.75, 3.05) is 19.3 Å². The van der Waals surface area contributed by atoms with Gasteiger partial charge in [-0.1, -0.05) is 17.3 Å². The number of aliphatic imine (C=N–C) groups is 1. The molecule has 0 spiro atoms. The van der Waals surface area contributed by atoms with E-state index in [0.717, 1.165) is 18.5 Å². The molecule has 0 aliphatic rings. The Hall–Kier alpha value is -1.69. The number of sulfone groups is 1. The molecule has 2 rings (SSSR count). The van der Waals surface area contributed by atoms with Gasteiger partial charge >= 0.3 is 0 Å². The number of hydrogen-bond donors (Lipinski definition) is 2. The molecular formula is C16H24IN5O3S. The third kappa shape index (κ3) is 7.28. The van der Waals surface area contributed by atoms with Gasteiger partial charge in [0.1, 0.15) is 6.54 Å². The minimum absolute atomic E-state index is 0. The van der Waals surface area contributed by atoms with Crippen LogP contribution in [0.1, 0.15) is 24.2 Å². The smallest absolute Gasteiger partial charge is 0.248 e. The van der Waals surface area contributed by atoms with Crippen LogP contribution < -0.4 is 10.6 Å². The Morgan fingerprint density at radius 2 is 1.92 bits per heavy atom. The van der Waals surface area contributed by atoms with Crippen molar-refractivity contribution in [2.45, 2.75) is 31.7 Å². The molecule has 0 amide bonds. The molecule has 1 heterocycles. The largest absolute Gasteiger partial charge is 0.357 e. The van der Waals surface area contributed by atoms with Crippen LogP contribution in [-0.2, 0) is 22.8 Å². The number of aromatic nitrogens is 2. The van der Waals surface area contributed by atoms with Crippen LogP contribution >= 0.6 is 24.0 Å². The normalized spacial score (nSPS) is 11.7. The van der Waals surface area contributed by atoms with E-state index < -0.39 is 9.84 Å². The molecule has 0 bridgehead atoms. The van der Waals surface area contributed by atoms with Crippen LogP contribution in [0.5, 0.6) is 0 Å². The fourth-order valence-corrected chi connectivity index (χ4v) is 2.75. The van der Waals surface area contributed by atoms with Crippen LogP contribution in [0.25, 0.3) is 0 Å². The summed E-state index contributed by atoms with van der Waals surface area (Å²) in [6.07, 6.45) is 1.95. The van der Waals surface area contributed by atoms with Gasteiger partial charge in [-0.05, 0) is 38.0 Å². The third-order valence-electron chi connectivity index (χ3n) is 3.34. The van der Waals surface area contributed by atoms with Crippen LogP contribution in [0.4, 0.5) is 0 Å². The highest BCUT2D eigenvalue weighted by Gasteiger charge is 2.06. The molecule has 1 aromatic heterocycles. The van der Waals surface area contributed by atoms with Gasteiger partial charge in [0.2, 0.25) is 5.89 Å². The minimum Gasteiger partial charge on any atom is -0.357 e. The summed E-state index contributed by atoms with van der Waals surface area (Å²) in [6.45, 7) is 5.44. The third-order valence-corrected chi connectivity index (χ3v) is 4.47. The van der Waals surface area contributed by atoms with Crippen LogP contribution in [-0.4, -0.2) is 43.9 Å². The first kappa shape index (κ1) is 22.4. The second-order valence-electron chi connectivity index (χ2n) is 5.52. The predicted octanol–water partition coefficient (Wildman–Crippen LogP) is 1.70. The highest BCUT2D eigenvalue weighted by molar-refractivity contribution is 14.0. The molecule has 0 saturated heterocycles. The number of benzene rings is 1. The Labute approximate surface area is 170 Å². The first-order valence-electron chi connectivity index (χ1n) is 7.99. The number of halogens is 1. The quantitative estimate of drug-likeness (QED) is 0.343. The van der Waals surface area contributed by atoms with Crippen molar-refractivity contribution in [1.29, 1.82) is 0 Å². The number of guanidine groups is 1. The van der Waals surface area contributed by atoms with E-state index in [1.807, 2.05) is 19.1 Å². The first-order chi connectivity index (χ1) is 11.9. The zero-order valence-electron chi connectivity index (χ0n) is 15.0. The van der Waals surface area contributed by atoms with E-state index >= 15 is 0 Å². The van der Waals surface area contributed by atoms with E-state index in [-0.39, 0.29) is 24.0 Å². The van der Waals surface area contributed by atoms with Crippen molar-refractivity contribution < 1.29 is 12.9 Å². The van der Waals surface area contributed by atoms with E-state index in [4.69, 9.17) is 4.52 Å². The summed E-state index contributed by atoms with van der Waals surface area (Å²) in [5.41, 5.74) is 1.04. The highest BCUT2D eigenvalue weighted by Crippen LogP contribution is 2.10. The molecule has 2 aromatic rings. The Morgan fingerprint density at radius 1 is 1.23 bits per heavy atom. The van der Waals surface area contributed by atoms with E-state index in [1.54, 1.807) is 19.1 Å². The average molecular weight is 493 g/mol. The summed E-state index contributed by atoms with van der Waals surface area (Å²) in [4.78, 5) is 8.83. The van der Waals surface area contributed by atoms with Crippen molar-refractivity contribution in [3.8, 4) is 0 Å². The summed E-state index contributed by atoms with van der Waals surface area (Å²) in [6, 6.07) is 6.90. The minimum atomic E-state index is -3.16. The maximum absolute atomic E-state index is 11.5. The number of nitrogens with one attached hydrogen (secondary N) is 2. The Bertz CT molecular complexity index is 819. The first-order valence-corrected chi connectivity index (χ1v) is 9.88. The van der Waals surface area contributed by atoms with Gasteiger partial charge in [0, 0.05) is 19.3 Å². The van der Waals surface area contributed by atoms with Gasteiger partial charge in [-0.3, -0.25) is 0 Å². The molecule has 26 heavy (non-hydrogen) atoms. The molecule has 2 N–H and O–H groups in total. The van der Waals surface area contributed by atoms with Crippen molar-refractivity contribution in [3.63, 3.8) is 0 Å². The van der Waals surface area contributed by atoms with E-state index in [0.29, 0.717) is 35.7 Å². The van der Waals surface area contributed by atoms with E-state index in [1.165, 1.54) is 6.26 Å². The molecule has 0 fully saturated rings. The topological polar surface area (TPSA) is 109 Å². The van der Waals surface area contributed by atoms with Crippen molar-refractivity contribution in [3.05, 3.63) is 41.5 Å². The van der Waals surface area contributed by atoms with Gasteiger partial charge in [0.15, 0.2) is 21.6 Å². The Kier molecular flexibility index (Phi) is 8.99. The monoisotopic (exact) mass is 493 g/mol. The molecule has 0 saturated carbocycles. The second-order valence-corrected chi connectivity index (χ2v) is 7.54. The van der Waals surface area contributed by atoms with Crippen molar-refractivity contribution in [2.24, 2.45) is 4.99 Å². The SMILES string of the molecule is CCNC(=NCc1nc(C)no1)NCCc1ccc(S(C)(=O)=O)cc1.I. The van der Waals surface area contributed by atoms with Crippen LogP contribution in [0, 0.1) is 6.92 Å². The molecule has 8 nitrogen and oxygen atoms in total. The average Bonchev–Trinajstić information content (AvgIpc) is 2.98. The standard InChI is InChI=1S/C16H23N5O3S.HI/c1-4-17-16(19-11-15-20-12(2)21-24-15)18-10-9-13-5-7-14(8-6-13)25(3,22)23;/h5-8H,4,9-11H2,1-3H3,(H2,17,18,19);1H. The van der Waals surface area contributed by atoms with Gasteiger partial charge in [0.25, 0.3) is 0 Å². The Balaban J connectivity index is 0.00000338. The molecule has 0 unspecified atom stereocenters. The zero-order chi connectivity index (χ0) is 18.3. The van der Waals surface area contributed by atoms with E-state index in [2.05, 4.69) is 25.8 Å². The second kappa shape index (κ2) is 10.5. The summed E-state index contributed by atoms with van der Waals surface area (Å²) in [5.74, 6) is 1.71. The fourth-order valence-electron chi connectivity index (χ4n) is 2.12. The molecule has 0 atom stereocenters. The molecular weight excluding hydrogens is 469 g/mol. The zero-order valence-corrected chi connectivity index (χ0v) is 18.2. The van der Waals surface area contributed by atoms with Gasteiger partial charge in [0.05, 0.1) is 4.90 Å². The highest BCUT2D eigenvalue weighted by atomic mass is 127. The summed E-state index contributed by atoms with van der Waals surface area (Å²) >= 11 is 0. The molecule has 10 heteroatoms. The number of aryl methyl sites for hydroxylation is 1. The summed E-state index contributed by atoms with van der Waals surface area (Å²) in [5, 5.41) is 10.1. The van der Waals surface area contributed by atoms with Gasteiger partial charge in [-0.2, -0.15) is 4.98 Å². The van der Waals surface area contributed by atoms with Gasteiger partial charge < -0.3 is 15.2 Å². The maximum atomic E-state index is 11.5. The van der Waals surface area contributed by atoms with Gasteiger partial charge in [-0.15, -0.1) is 24.0 Å². The number of rotatable bonds is 7. The van der Waals surface area contributed by atoms with Crippen molar-refractivity contribution in [1.82, 2.24) is 20.8 Å². The van der Waals surface area contributed by atoms with Crippen LogP contribution in [0.3, 0.4) is 0 Å². The predicted molar refractivity (Wildman–Crippen MR) is 111 cm³/mol. The lowest BCUT2D eigenvalue weighted by Crippen LogP contribution is -2.38. The lowest BCUT2D eigenvalue weighted by Gasteiger charge is -2.11. The van der Waals surface area contributed by atoms with Crippen LogP contribution in [0.15, 0.2) is 38.7 Å². The lowest BCUT2D eigenvalue weighted by atomic mass is 10.1. The molecule has 0 aliphatic heterocycles. The Morgan fingerprint density at radius 3 is 2.46 bits per heavy atom. The number of hydrogen-bond acceptors (Lipinski definition) is 6. The van der Waals surface area contributed by atoms with E-state index in [9.17, 15) is 8.42 Å². The maximum Gasteiger partial charge on any atom is 0.248 e. The summed E-state index contributed by atoms with van der Waals surface area (Å²) < 4.78 is 27.9. The van der Waals surface area contributed by atoms with Crippen molar-refractivity contribution >= 4 is 39.8 Å². The molecule has 0 radical (unpaired) electrons. The lowest BCUT2D eigenvalue weighted by molar-refractivity contribution is 0.376.